The molecule has 0 aliphatic heterocycles. The zero-order valence-corrected chi connectivity index (χ0v) is 11.1. The highest BCUT2D eigenvalue weighted by Gasteiger charge is 2.31. The van der Waals surface area contributed by atoms with Crippen LogP contribution in [0, 0.1) is 5.92 Å². The summed E-state index contributed by atoms with van der Waals surface area (Å²) in [6, 6.07) is 0.485. The third-order valence-corrected chi connectivity index (χ3v) is 5.35. The quantitative estimate of drug-likeness (QED) is 0.787. The molecule has 15 heavy (non-hydrogen) atoms. The average Bonchev–Trinajstić information content (AvgIpc) is 2.25. The molecular formula is C12H25NOS. The first-order chi connectivity index (χ1) is 7.19. The number of nitrogens with one attached hydrogen (secondary N) is 1. The second-order valence-corrected chi connectivity index (χ2v) is 6.57. The van der Waals surface area contributed by atoms with Crippen molar-refractivity contribution >= 4 is 10.8 Å². The Balaban J connectivity index is 2.50. The molecule has 0 radical (unpaired) electrons. The Morgan fingerprint density at radius 3 is 2.73 bits per heavy atom. The van der Waals surface area contributed by atoms with Gasteiger partial charge in [0.25, 0.3) is 0 Å². The molecule has 0 aromatic carbocycles. The van der Waals surface area contributed by atoms with E-state index in [1.54, 1.807) is 0 Å². The Morgan fingerprint density at radius 2 is 2.13 bits per heavy atom. The molecule has 0 bridgehead atoms. The fraction of sp³-hybridized carbons (Fsp3) is 1.00. The van der Waals surface area contributed by atoms with Crippen molar-refractivity contribution in [3.63, 3.8) is 0 Å². The summed E-state index contributed by atoms with van der Waals surface area (Å²) in [6.07, 6.45) is 5.88. The predicted octanol–water partition coefficient (Wildman–Crippen LogP) is 2.31. The van der Waals surface area contributed by atoms with Crippen molar-refractivity contribution in [2.24, 2.45) is 5.92 Å². The van der Waals surface area contributed by atoms with Gasteiger partial charge in [0.05, 0.1) is 5.25 Å². The normalized spacial score (nSPS) is 33.9. The number of hydrogen-bond donors (Lipinski definition) is 1. The van der Waals surface area contributed by atoms with Gasteiger partial charge in [-0.1, -0.05) is 20.3 Å². The summed E-state index contributed by atoms with van der Waals surface area (Å²) in [5.41, 5.74) is 0. The molecule has 1 aliphatic carbocycles. The summed E-state index contributed by atoms with van der Waals surface area (Å²) in [7, 11) is 1.39. The molecule has 1 saturated carbocycles. The highest BCUT2D eigenvalue weighted by atomic mass is 32.2. The molecular weight excluding hydrogens is 206 g/mol. The minimum Gasteiger partial charge on any atom is -0.316 e. The monoisotopic (exact) mass is 231 g/mol. The third kappa shape index (κ3) is 3.87. The van der Waals surface area contributed by atoms with Crippen LogP contribution in [0.5, 0.6) is 0 Å². The van der Waals surface area contributed by atoms with Crippen molar-refractivity contribution in [2.75, 3.05) is 12.8 Å². The zero-order valence-electron chi connectivity index (χ0n) is 10.3. The molecule has 2 nitrogen and oxygen atoms in total. The van der Waals surface area contributed by atoms with E-state index in [4.69, 9.17) is 0 Å². The Hall–Kier alpha value is 0.110. The van der Waals surface area contributed by atoms with Crippen molar-refractivity contribution in [1.82, 2.24) is 5.32 Å². The summed E-state index contributed by atoms with van der Waals surface area (Å²) >= 11 is 0. The van der Waals surface area contributed by atoms with Gasteiger partial charge in [-0.3, -0.25) is 4.21 Å². The Labute approximate surface area is 96.7 Å². The van der Waals surface area contributed by atoms with Crippen molar-refractivity contribution in [3.8, 4) is 0 Å². The first kappa shape index (κ1) is 13.2. The molecule has 90 valence electrons. The summed E-state index contributed by atoms with van der Waals surface area (Å²) < 4.78 is 12.1. The van der Waals surface area contributed by atoms with Crippen LogP contribution in [-0.2, 0) is 10.8 Å². The van der Waals surface area contributed by atoms with Crippen LogP contribution in [0.25, 0.3) is 0 Å². The van der Waals surface area contributed by atoms with Crippen LogP contribution in [0.15, 0.2) is 0 Å². The van der Waals surface area contributed by atoms with Gasteiger partial charge in [-0.25, -0.2) is 0 Å². The van der Waals surface area contributed by atoms with Crippen molar-refractivity contribution in [3.05, 3.63) is 0 Å². The maximum absolute atomic E-state index is 12.1. The molecule has 0 amide bonds. The highest BCUT2D eigenvalue weighted by molar-refractivity contribution is 7.85. The summed E-state index contributed by atoms with van der Waals surface area (Å²) in [6.45, 7) is 4.45. The topological polar surface area (TPSA) is 29.1 Å². The lowest BCUT2D eigenvalue weighted by molar-refractivity contribution is 0.324. The molecule has 0 aromatic heterocycles. The molecule has 1 N–H and O–H groups in total. The van der Waals surface area contributed by atoms with Crippen LogP contribution < -0.4 is 5.32 Å². The van der Waals surface area contributed by atoms with E-state index in [1.807, 2.05) is 7.05 Å². The van der Waals surface area contributed by atoms with Crippen LogP contribution in [-0.4, -0.2) is 28.3 Å². The largest absolute Gasteiger partial charge is 0.316 e. The Morgan fingerprint density at radius 1 is 1.40 bits per heavy atom. The van der Waals surface area contributed by atoms with E-state index in [9.17, 15) is 4.21 Å². The smallest absolute Gasteiger partial charge is 0.0503 e. The molecule has 3 heteroatoms. The lowest BCUT2D eigenvalue weighted by Gasteiger charge is -2.34. The van der Waals surface area contributed by atoms with E-state index in [2.05, 4.69) is 19.2 Å². The fourth-order valence-corrected chi connectivity index (χ4v) is 4.45. The van der Waals surface area contributed by atoms with E-state index in [0.717, 1.165) is 30.9 Å². The van der Waals surface area contributed by atoms with Gasteiger partial charge in [0.2, 0.25) is 0 Å². The molecule has 1 aliphatic rings. The van der Waals surface area contributed by atoms with E-state index < -0.39 is 10.8 Å². The molecule has 4 unspecified atom stereocenters. The van der Waals surface area contributed by atoms with Gasteiger partial charge in [-0.05, 0) is 38.6 Å². The second kappa shape index (κ2) is 6.64. The molecule has 0 heterocycles. The second-order valence-electron chi connectivity index (χ2n) is 4.79. The van der Waals surface area contributed by atoms with Gasteiger partial charge < -0.3 is 5.32 Å². The number of unbranched alkanes of at least 4 members (excludes halogenated alkanes) is 1. The first-order valence-electron chi connectivity index (χ1n) is 6.23. The minimum atomic E-state index is -0.619. The lowest BCUT2D eigenvalue weighted by Crippen LogP contribution is -2.45. The van der Waals surface area contributed by atoms with Crippen LogP contribution in [0.1, 0.15) is 46.0 Å². The van der Waals surface area contributed by atoms with Crippen LogP contribution in [0.3, 0.4) is 0 Å². The molecule has 1 rings (SSSR count). The van der Waals surface area contributed by atoms with Crippen molar-refractivity contribution < 1.29 is 4.21 Å². The molecule has 1 fully saturated rings. The van der Waals surface area contributed by atoms with Crippen molar-refractivity contribution in [2.45, 2.75) is 57.2 Å². The first-order valence-corrected chi connectivity index (χ1v) is 7.61. The summed E-state index contributed by atoms with van der Waals surface area (Å²) in [5.74, 6) is 1.65. The maximum atomic E-state index is 12.1. The number of hydrogen-bond acceptors (Lipinski definition) is 2. The Bertz CT molecular complexity index is 208. The molecule has 0 spiro atoms. The molecule has 0 saturated heterocycles. The number of rotatable bonds is 5. The Kier molecular flexibility index (Phi) is 5.83. The van der Waals surface area contributed by atoms with Gasteiger partial charge in [-0.15, -0.1) is 0 Å². The van der Waals surface area contributed by atoms with Gasteiger partial charge in [0, 0.05) is 22.6 Å². The predicted molar refractivity (Wildman–Crippen MR) is 67.6 cm³/mol. The molecule has 0 aromatic rings. The van der Waals surface area contributed by atoms with Gasteiger partial charge in [0.1, 0.15) is 0 Å². The van der Waals surface area contributed by atoms with E-state index in [0.29, 0.717) is 11.3 Å². The van der Waals surface area contributed by atoms with Crippen LogP contribution in [0.2, 0.25) is 0 Å². The fourth-order valence-electron chi connectivity index (χ4n) is 2.39. The van der Waals surface area contributed by atoms with E-state index >= 15 is 0 Å². The molecule has 4 atom stereocenters. The summed E-state index contributed by atoms with van der Waals surface area (Å²) in [5, 5.41) is 3.73. The zero-order chi connectivity index (χ0) is 11.3. The van der Waals surface area contributed by atoms with Crippen LogP contribution in [0.4, 0.5) is 0 Å². The minimum absolute atomic E-state index is 0.394. The average molecular weight is 231 g/mol. The standard InChI is InChI=1S/C12H25NOS/c1-4-5-8-15(14)12-9-10(2)6-7-11(12)13-3/h10-13H,4-9H2,1-3H3. The third-order valence-electron chi connectivity index (χ3n) is 3.46. The van der Waals surface area contributed by atoms with Gasteiger partial charge in [0.15, 0.2) is 0 Å². The lowest BCUT2D eigenvalue weighted by atomic mass is 9.87. The highest BCUT2D eigenvalue weighted by Crippen LogP contribution is 2.27. The maximum Gasteiger partial charge on any atom is 0.0503 e. The van der Waals surface area contributed by atoms with Crippen LogP contribution >= 0.6 is 0 Å². The van der Waals surface area contributed by atoms with Gasteiger partial charge >= 0.3 is 0 Å². The van der Waals surface area contributed by atoms with E-state index in [-0.39, 0.29) is 0 Å². The van der Waals surface area contributed by atoms with Gasteiger partial charge in [-0.2, -0.15) is 0 Å². The van der Waals surface area contributed by atoms with E-state index in [1.165, 1.54) is 12.8 Å². The SMILES string of the molecule is CCCCS(=O)C1CC(C)CCC1NC. The summed E-state index contributed by atoms with van der Waals surface area (Å²) in [4.78, 5) is 0. The van der Waals surface area contributed by atoms with Crippen molar-refractivity contribution in [1.29, 1.82) is 0 Å².